The van der Waals surface area contributed by atoms with E-state index in [1.807, 2.05) is 0 Å². The zero-order valence-electron chi connectivity index (χ0n) is 13.9. The summed E-state index contributed by atoms with van der Waals surface area (Å²) in [4.78, 5) is 13.4. The zero-order chi connectivity index (χ0) is 19.0. The molecule has 1 aromatic rings. The van der Waals surface area contributed by atoms with Gasteiger partial charge in [0.2, 0.25) is 0 Å². The van der Waals surface area contributed by atoms with Gasteiger partial charge >= 0.3 is 21.7 Å². The summed E-state index contributed by atoms with van der Waals surface area (Å²) < 4.78 is 69.6. The van der Waals surface area contributed by atoms with E-state index in [1.54, 1.807) is 26.8 Å². The molecule has 0 saturated heterocycles. The molecule has 0 fully saturated rings. The Morgan fingerprint density at radius 1 is 1.20 bits per heavy atom. The maximum atomic E-state index is 12.5. The lowest BCUT2D eigenvalue weighted by Crippen LogP contribution is -2.40. The number of hydrogen-bond donors (Lipinski definition) is 0. The molecule has 1 aliphatic heterocycles. The summed E-state index contributed by atoms with van der Waals surface area (Å²) in [6, 6.07) is 4.18. The van der Waals surface area contributed by atoms with E-state index in [4.69, 9.17) is 4.74 Å². The number of nitrogens with zero attached hydrogens (tertiary/aromatic N) is 1. The van der Waals surface area contributed by atoms with Gasteiger partial charge in [-0.25, -0.2) is 4.79 Å². The van der Waals surface area contributed by atoms with Crippen molar-refractivity contribution in [3.8, 4) is 5.75 Å². The monoisotopic (exact) mass is 381 g/mol. The summed E-state index contributed by atoms with van der Waals surface area (Å²) in [6.07, 6.45) is -0.288. The first-order valence-corrected chi connectivity index (χ1v) is 8.80. The summed E-state index contributed by atoms with van der Waals surface area (Å²) in [7, 11) is -5.79. The fraction of sp³-hybridized carbons (Fsp3) is 0.533. The SMILES string of the molecule is CC(C)(C)OC(=O)N1CCc2cccc(OS(=O)(=O)C(F)(F)F)c2C1. The van der Waals surface area contributed by atoms with Crippen LogP contribution in [-0.4, -0.2) is 37.1 Å². The summed E-state index contributed by atoms with van der Waals surface area (Å²) >= 11 is 0. The van der Waals surface area contributed by atoms with Crippen LogP contribution in [0.2, 0.25) is 0 Å². The molecule has 1 amide bonds. The first-order chi connectivity index (χ1) is 11.3. The van der Waals surface area contributed by atoms with Gasteiger partial charge in [0.1, 0.15) is 11.4 Å². The average molecular weight is 381 g/mol. The summed E-state index contributed by atoms with van der Waals surface area (Å²) in [5, 5.41) is 0. The van der Waals surface area contributed by atoms with Crippen molar-refractivity contribution in [1.82, 2.24) is 4.90 Å². The molecule has 0 bridgehead atoms. The normalized spacial score (nSPS) is 15.5. The number of alkyl halides is 3. The Bertz CT molecular complexity index is 768. The summed E-state index contributed by atoms with van der Waals surface area (Å²) in [5.74, 6) is -0.442. The minimum absolute atomic E-state index is 0.103. The van der Waals surface area contributed by atoms with Gasteiger partial charge in [-0.1, -0.05) is 12.1 Å². The fourth-order valence-corrected chi connectivity index (χ4v) is 2.76. The third-order valence-corrected chi connectivity index (χ3v) is 4.33. The maximum Gasteiger partial charge on any atom is 0.534 e. The molecule has 0 unspecified atom stereocenters. The Morgan fingerprint density at radius 3 is 2.40 bits per heavy atom. The predicted octanol–water partition coefficient (Wildman–Crippen LogP) is 3.21. The van der Waals surface area contributed by atoms with Gasteiger partial charge in [-0.2, -0.15) is 21.6 Å². The standard InChI is InChI=1S/C15H18F3NO5S/c1-14(2,3)23-13(20)19-8-7-10-5-4-6-12(11(10)9-19)24-25(21,22)15(16,17)18/h4-6H,7-9H2,1-3H3. The van der Waals surface area contributed by atoms with Crippen LogP contribution in [0.5, 0.6) is 5.75 Å². The number of rotatable bonds is 2. The zero-order valence-corrected chi connectivity index (χ0v) is 14.7. The van der Waals surface area contributed by atoms with Crippen molar-refractivity contribution in [2.75, 3.05) is 6.54 Å². The number of ether oxygens (including phenoxy) is 1. The summed E-state index contributed by atoms with van der Waals surface area (Å²) in [5.41, 5.74) is -5.43. The maximum absolute atomic E-state index is 12.5. The highest BCUT2D eigenvalue weighted by molar-refractivity contribution is 7.88. The second-order valence-electron chi connectivity index (χ2n) is 6.53. The van der Waals surface area contributed by atoms with Crippen molar-refractivity contribution < 1.29 is 35.3 Å². The van der Waals surface area contributed by atoms with Crippen LogP contribution >= 0.6 is 0 Å². The van der Waals surface area contributed by atoms with Crippen LogP contribution in [0.1, 0.15) is 31.9 Å². The van der Waals surface area contributed by atoms with Gasteiger partial charge in [-0.3, -0.25) is 0 Å². The molecule has 1 heterocycles. The van der Waals surface area contributed by atoms with Crippen LogP contribution in [0.15, 0.2) is 18.2 Å². The van der Waals surface area contributed by atoms with Gasteiger partial charge < -0.3 is 13.8 Å². The van der Waals surface area contributed by atoms with Crippen LogP contribution < -0.4 is 4.18 Å². The molecule has 6 nitrogen and oxygen atoms in total. The highest BCUT2D eigenvalue weighted by atomic mass is 32.2. The molecule has 10 heteroatoms. The van der Waals surface area contributed by atoms with Gasteiger partial charge in [0.15, 0.2) is 0 Å². The molecular weight excluding hydrogens is 363 g/mol. The van der Waals surface area contributed by atoms with Crippen LogP contribution in [-0.2, 0) is 27.8 Å². The molecule has 1 aliphatic rings. The molecule has 2 rings (SSSR count). The molecule has 140 valence electrons. The van der Waals surface area contributed by atoms with E-state index < -0.39 is 33.1 Å². The van der Waals surface area contributed by atoms with Crippen molar-refractivity contribution in [3.05, 3.63) is 29.3 Å². The van der Waals surface area contributed by atoms with Gasteiger partial charge in [-0.15, -0.1) is 0 Å². The molecule has 0 aromatic heterocycles. The molecule has 0 N–H and O–H groups in total. The van der Waals surface area contributed by atoms with Gasteiger partial charge in [0, 0.05) is 12.1 Å². The van der Waals surface area contributed by atoms with Gasteiger partial charge in [0.05, 0.1) is 6.54 Å². The number of hydrogen-bond acceptors (Lipinski definition) is 5. The van der Waals surface area contributed by atoms with Crippen LogP contribution in [0, 0.1) is 0 Å². The Hall–Kier alpha value is -1.97. The number of halogens is 3. The molecule has 0 atom stereocenters. The summed E-state index contributed by atoms with van der Waals surface area (Å²) in [6.45, 7) is 5.26. The Kier molecular flexibility index (Phi) is 4.95. The largest absolute Gasteiger partial charge is 0.534 e. The van der Waals surface area contributed by atoms with Crippen LogP contribution in [0.4, 0.5) is 18.0 Å². The fourth-order valence-electron chi connectivity index (χ4n) is 2.28. The van der Waals surface area contributed by atoms with E-state index in [1.165, 1.54) is 11.0 Å². The quantitative estimate of drug-likeness (QED) is 0.581. The molecule has 1 aromatic carbocycles. The van der Waals surface area contributed by atoms with Crippen LogP contribution in [0.3, 0.4) is 0 Å². The van der Waals surface area contributed by atoms with Crippen molar-refractivity contribution in [1.29, 1.82) is 0 Å². The van der Waals surface area contributed by atoms with E-state index in [2.05, 4.69) is 4.18 Å². The van der Waals surface area contributed by atoms with Crippen LogP contribution in [0.25, 0.3) is 0 Å². The van der Waals surface area contributed by atoms with Crippen molar-refractivity contribution in [2.24, 2.45) is 0 Å². The molecule has 0 radical (unpaired) electrons. The lowest BCUT2D eigenvalue weighted by atomic mass is 9.99. The lowest BCUT2D eigenvalue weighted by molar-refractivity contribution is -0.0500. The molecule has 0 saturated carbocycles. The van der Waals surface area contributed by atoms with Gasteiger partial charge in [-0.05, 0) is 38.8 Å². The van der Waals surface area contributed by atoms with E-state index in [0.717, 1.165) is 6.07 Å². The Labute approximate surface area is 143 Å². The first kappa shape index (κ1) is 19.4. The third-order valence-electron chi connectivity index (χ3n) is 3.36. The van der Waals surface area contributed by atoms with E-state index in [9.17, 15) is 26.4 Å². The van der Waals surface area contributed by atoms with E-state index in [-0.39, 0.29) is 12.1 Å². The van der Waals surface area contributed by atoms with Crippen molar-refractivity contribution in [2.45, 2.75) is 44.8 Å². The Morgan fingerprint density at radius 2 is 1.84 bits per heavy atom. The highest BCUT2D eigenvalue weighted by Crippen LogP contribution is 2.33. The lowest BCUT2D eigenvalue weighted by Gasteiger charge is -2.31. The minimum atomic E-state index is -5.79. The minimum Gasteiger partial charge on any atom is -0.444 e. The average Bonchev–Trinajstić information content (AvgIpc) is 2.44. The second-order valence-corrected chi connectivity index (χ2v) is 8.07. The molecule has 0 spiro atoms. The molecule has 25 heavy (non-hydrogen) atoms. The smallest absolute Gasteiger partial charge is 0.444 e. The predicted molar refractivity (Wildman–Crippen MR) is 82.4 cm³/mol. The van der Waals surface area contributed by atoms with Crippen molar-refractivity contribution >= 4 is 16.2 Å². The molecule has 0 aliphatic carbocycles. The number of carbonyl (C=O) groups excluding carboxylic acids is 1. The number of fused-ring (bicyclic) bond motifs is 1. The number of benzene rings is 1. The Balaban J connectivity index is 2.28. The van der Waals surface area contributed by atoms with E-state index in [0.29, 0.717) is 18.5 Å². The number of carbonyl (C=O) groups is 1. The van der Waals surface area contributed by atoms with Crippen molar-refractivity contribution in [3.63, 3.8) is 0 Å². The second kappa shape index (κ2) is 6.40. The third kappa shape index (κ3) is 4.56. The van der Waals surface area contributed by atoms with E-state index >= 15 is 0 Å². The number of amides is 1. The first-order valence-electron chi connectivity index (χ1n) is 7.39. The highest BCUT2D eigenvalue weighted by Gasteiger charge is 2.49. The van der Waals surface area contributed by atoms with Gasteiger partial charge in [0.25, 0.3) is 0 Å². The topological polar surface area (TPSA) is 72.9 Å². The molecular formula is C15H18F3NO5S.